The predicted molar refractivity (Wildman–Crippen MR) is 65.9 cm³/mol. The van der Waals surface area contributed by atoms with Gasteiger partial charge in [-0.3, -0.25) is 4.79 Å². The smallest absolute Gasteiger partial charge is 0.261 e. The highest BCUT2D eigenvalue weighted by molar-refractivity contribution is 7.12. The maximum absolute atomic E-state index is 11.6. The molecule has 4 heteroatoms. The number of aryl methyl sites for hydroxylation is 1. The van der Waals surface area contributed by atoms with Crippen molar-refractivity contribution in [2.24, 2.45) is 0 Å². The molecule has 1 rings (SSSR count). The SMILES string of the molecule is Cc1ccsc1C(=O)NCCCC(C)Cl. The van der Waals surface area contributed by atoms with Crippen LogP contribution in [0, 0.1) is 6.92 Å². The fourth-order valence-electron chi connectivity index (χ4n) is 1.27. The highest BCUT2D eigenvalue weighted by atomic mass is 35.5. The van der Waals surface area contributed by atoms with Gasteiger partial charge in [0.15, 0.2) is 0 Å². The van der Waals surface area contributed by atoms with Gasteiger partial charge in [0.05, 0.1) is 4.88 Å². The number of rotatable bonds is 5. The van der Waals surface area contributed by atoms with Crippen molar-refractivity contribution in [3.05, 3.63) is 21.9 Å². The molecule has 0 aromatic carbocycles. The number of alkyl halides is 1. The summed E-state index contributed by atoms with van der Waals surface area (Å²) in [5, 5.41) is 5.02. The predicted octanol–water partition coefficient (Wildman–Crippen LogP) is 3.19. The maximum Gasteiger partial charge on any atom is 0.261 e. The molecular weight excluding hydrogens is 230 g/mol. The Morgan fingerprint density at radius 3 is 2.93 bits per heavy atom. The van der Waals surface area contributed by atoms with E-state index in [4.69, 9.17) is 11.6 Å². The van der Waals surface area contributed by atoms with Crippen LogP contribution in [0.4, 0.5) is 0 Å². The van der Waals surface area contributed by atoms with Gasteiger partial charge in [-0.25, -0.2) is 0 Å². The van der Waals surface area contributed by atoms with Gasteiger partial charge in [0.25, 0.3) is 5.91 Å². The van der Waals surface area contributed by atoms with Crippen LogP contribution >= 0.6 is 22.9 Å². The molecule has 0 radical (unpaired) electrons. The van der Waals surface area contributed by atoms with E-state index in [-0.39, 0.29) is 11.3 Å². The van der Waals surface area contributed by atoms with Crippen molar-refractivity contribution in [1.82, 2.24) is 5.32 Å². The Balaban J connectivity index is 2.28. The van der Waals surface area contributed by atoms with Crippen LogP contribution in [0.5, 0.6) is 0 Å². The number of amides is 1. The van der Waals surface area contributed by atoms with Crippen molar-refractivity contribution < 1.29 is 4.79 Å². The van der Waals surface area contributed by atoms with Crippen molar-refractivity contribution >= 4 is 28.8 Å². The summed E-state index contributed by atoms with van der Waals surface area (Å²) in [5.41, 5.74) is 1.04. The summed E-state index contributed by atoms with van der Waals surface area (Å²) < 4.78 is 0. The summed E-state index contributed by atoms with van der Waals surface area (Å²) in [4.78, 5) is 12.5. The molecule has 0 saturated heterocycles. The molecule has 0 aliphatic rings. The van der Waals surface area contributed by atoms with E-state index in [1.807, 2.05) is 25.3 Å². The van der Waals surface area contributed by atoms with E-state index in [1.54, 1.807) is 0 Å². The average molecular weight is 246 g/mol. The first-order valence-corrected chi connectivity index (χ1v) is 6.39. The number of carbonyl (C=O) groups excluding carboxylic acids is 1. The number of halogens is 1. The van der Waals surface area contributed by atoms with Gasteiger partial charge in [0.2, 0.25) is 0 Å². The minimum absolute atomic E-state index is 0.0322. The molecule has 1 aromatic heterocycles. The van der Waals surface area contributed by atoms with E-state index >= 15 is 0 Å². The lowest BCUT2D eigenvalue weighted by Gasteiger charge is -2.05. The highest BCUT2D eigenvalue weighted by Crippen LogP contribution is 2.14. The normalized spacial score (nSPS) is 12.5. The minimum atomic E-state index is 0.0322. The monoisotopic (exact) mass is 245 g/mol. The molecule has 0 bridgehead atoms. The summed E-state index contributed by atoms with van der Waals surface area (Å²) in [5.74, 6) is 0.0322. The molecule has 1 heterocycles. The lowest BCUT2D eigenvalue weighted by Crippen LogP contribution is -2.24. The molecule has 1 unspecified atom stereocenters. The molecule has 1 N–H and O–H groups in total. The largest absolute Gasteiger partial charge is 0.351 e. The molecule has 15 heavy (non-hydrogen) atoms. The van der Waals surface area contributed by atoms with Gasteiger partial charge in [0, 0.05) is 11.9 Å². The van der Waals surface area contributed by atoms with Crippen molar-refractivity contribution in [3.63, 3.8) is 0 Å². The van der Waals surface area contributed by atoms with Gasteiger partial charge in [-0.05, 0) is 43.7 Å². The third-order valence-corrected chi connectivity index (χ3v) is 3.37. The number of nitrogens with one attached hydrogen (secondary N) is 1. The molecule has 0 fully saturated rings. The highest BCUT2D eigenvalue weighted by Gasteiger charge is 2.09. The van der Waals surface area contributed by atoms with E-state index in [0.29, 0.717) is 6.54 Å². The van der Waals surface area contributed by atoms with E-state index in [9.17, 15) is 4.79 Å². The van der Waals surface area contributed by atoms with Crippen LogP contribution in [0.25, 0.3) is 0 Å². The Morgan fingerprint density at radius 2 is 2.40 bits per heavy atom. The Labute approximate surface area is 99.6 Å². The fourth-order valence-corrected chi connectivity index (χ4v) is 2.27. The van der Waals surface area contributed by atoms with Crippen LogP contribution in [-0.4, -0.2) is 17.8 Å². The van der Waals surface area contributed by atoms with Crippen molar-refractivity contribution in [1.29, 1.82) is 0 Å². The van der Waals surface area contributed by atoms with Gasteiger partial charge >= 0.3 is 0 Å². The zero-order valence-electron chi connectivity index (χ0n) is 9.05. The van der Waals surface area contributed by atoms with Crippen molar-refractivity contribution in [3.8, 4) is 0 Å². The van der Waals surface area contributed by atoms with E-state index in [2.05, 4.69) is 5.32 Å². The zero-order chi connectivity index (χ0) is 11.3. The molecule has 0 saturated carbocycles. The van der Waals surface area contributed by atoms with Gasteiger partial charge in [-0.1, -0.05) is 0 Å². The summed E-state index contributed by atoms with van der Waals surface area (Å²) in [7, 11) is 0. The number of thiophene rings is 1. The van der Waals surface area contributed by atoms with Crippen LogP contribution in [0.2, 0.25) is 0 Å². The lowest BCUT2D eigenvalue weighted by atomic mass is 10.2. The number of carbonyl (C=O) groups is 1. The lowest BCUT2D eigenvalue weighted by molar-refractivity contribution is 0.0956. The molecule has 1 aromatic rings. The topological polar surface area (TPSA) is 29.1 Å². The van der Waals surface area contributed by atoms with Crippen LogP contribution in [-0.2, 0) is 0 Å². The quantitative estimate of drug-likeness (QED) is 0.627. The fraction of sp³-hybridized carbons (Fsp3) is 0.545. The van der Waals surface area contributed by atoms with Gasteiger partial charge in [-0.2, -0.15) is 0 Å². The molecule has 2 nitrogen and oxygen atoms in total. The average Bonchev–Trinajstić information content (AvgIpc) is 2.58. The van der Waals surface area contributed by atoms with Gasteiger partial charge in [0.1, 0.15) is 0 Å². The zero-order valence-corrected chi connectivity index (χ0v) is 10.6. The van der Waals surface area contributed by atoms with Crippen molar-refractivity contribution in [2.75, 3.05) is 6.54 Å². The van der Waals surface area contributed by atoms with Gasteiger partial charge in [-0.15, -0.1) is 22.9 Å². The molecule has 0 aliphatic heterocycles. The second-order valence-corrected chi connectivity index (χ2v) is 5.27. The Hall–Kier alpha value is -0.540. The third kappa shape index (κ3) is 4.22. The van der Waals surface area contributed by atoms with Crippen LogP contribution in [0.1, 0.15) is 35.0 Å². The van der Waals surface area contributed by atoms with E-state index < -0.39 is 0 Å². The second kappa shape index (κ2) is 6.13. The summed E-state index contributed by atoms with van der Waals surface area (Å²) in [6, 6.07) is 1.96. The summed E-state index contributed by atoms with van der Waals surface area (Å²) in [6.07, 6.45) is 1.87. The summed E-state index contributed by atoms with van der Waals surface area (Å²) in [6.45, 7) is 4.62. The molecular formula is C11H16ClNOS. The first-order chi connectivity index (χ1) is 7.11. The molecule has 84 valence electrons. The summed E-state index contributed by atoms with van der Waals surface area (Å²) >= 11 is 7.29. The first-order valence-electron chi connectivity index (χ1n) is 5.07. The third-order valence-electron chi connectivity index (χ3n) is 2.13. The maximum atomic E-state index is 11.6. The van der Waals surface area contributed by atoms with Gasteiger partial charge < -0.3 is 5.32 Å². The molecule has 0 spiro atoms. The number of hydrogen-bond donors (Lipinski definition) is 1. The van der Waals surface area contributed by atoms with E-state index in [1.165, 1.54) is 11.3 Å². The van der Waals surface area contributed by atoms with Crippen LogP contribution in [0.15, 0.2) is 11.4 Å². The molecule has 1 atom stereocenters. The van der Waals surface area contributed by atoms with E-state index in [0.717, 1.165) is 23.3 Å². The second-order valence-electron chi connectivity index (χ2n) is 3.61. The van der Waals surface area contributed by atoms with Crippen LogP contribution in [0.3, 0.4) is 0 Å². The standard InChI is InChI=1S/C11H16ClNOS/c1-8-5-7-15-10(8)11(14)13-6-3-4-9(2)12/h5,7,9H,3-4,6H2,1-2H3,(H,13,14). The molecule has 1 amide bonds. The van der Waals surface area contributed by atoms with Crippen LogP contribution < -0.4 is 5.32 Å². The molecule has 0 aliphatic carbocycles. The van der Waals surface area contributed by atoms with Crippen molar-refractivity contribution in [2.45, 2.75) is 32.1 Å². The Kier molecular flexibility index (Phi) is 5.12. The first kappa shape index (κ1) is 12.5. The number of hydrogen-bond acceptors (Lipinski definition) is 2. The Bertz CT molecular complexity index is 322. The Morgan fingerprint density at radius 1 is 1.67 bits per heavy atom. The minimum Gasteiger partial charge on any atom is -0.351 e.